The molecule has 0 saturated heterocycles. The van der Waals surface area contributed by atoms with E-state index in [0.29, 0.717) is 10.7 Å². The summed E-state index contributed by atoms with van der Waals surface area (Å²) in [5.74, 6) is -0.0932. The number of pyridine rings is 1. The lowest BCUT2D eigenvalue weighted by atomic mass is 10.1. The number of carbonyl (C=O) groups excluding carboxylic acids is 1. The van der Waals surface area contributed by atoms with Crippen LogP contribution in [0.3, 0.4) is 0 Å². The molecule has 3 nitrogen and oxygen atoms in total. The predicted octanol–water partition coefficient (Wildman–Crippen LogP) is 3.94. The third kappa shape index (κ3) is 2.99. The van der Waals surface area contributed by atoms with E-state index in [1.54, 1.807) is 24.1 Å². The van der Waals surface area contributed by atoms with E-state index in [9.17, 15) is 4.79 Å². The number of carbonyl (C=O) groups is 1. The molecule has 4 heteroatoms. The molecule has 0 saturated carbocycles. The number of halogens is 1. The van der Waals surface area contributed by atoms with Gasteiger partial charge in [-0.25, -0.2) is 4.98 Å². The second-order valence-corrected chi connectivity index (χ2v) is 5.36. The number of hydrogen-bond donors (Lipinski definition) is 0. The average Bonchev–Trinajstić information content (AvgIpc) is 2.36. The van der Waals surface area contributed by atoms with E-state index in [-0.39, 0.29) is 5.91 Å². The van der Waals surface area contributed by atoms with Crippen LogP contribution in [-0.4, -0.2) is 17.9 Å². The molecule has 1 aromatic carbocycles. The Kier molecular flexibility index (Phi) is 4.09. The summed E-state index contributed by atoms with van der Waals surface area (Å²) in [6.45, 7) is 5.85. The number of anilines is 1. The lowest BCUT2D eigenvalue weighted by molar-refractivity contribution is 0.0992. The number of hydrogen-bond acceptors (Lipinski definition) is 2. The molecule has 1 amide bonds. The zero-order chi connectivity index (χ0) is 14.9. The molecule has 1 heterocycles. The Balaban J connectivity index is 2.37. The van der Waals surface area contributed by atoms with Crippen LogP contribution in [0.2, 0.25) is 5.15 Å². The van der Waals surface area contributed by atoms with Crippen LogP contribution in [0.4, 0.5) is 5.69 Å². The summed E-state index contributed by atoms with van der Waals surface area (Å²) in [7, 11) is 1.77. The maximum atomic E-state index is 12.5. The van der Waals surface area contributed by atoms with Crippen LogP contribution in [0.15, 0.2) is 30.3 Å². The highest BCUT2D eigenvalue weighted by Crippen LogP contribution is 2.22. The van der Waals surface area contributed by atoms with Crippen LogP contribution < -0.4 is 4.90 Å². The van der Waals surface area contributed by atoms with E-state index in [1.165, 1.54) is 5.56 Å². The maximum absolute atomic E-state index is 12.5. The van der Waals surface area contributed by atoms with E-state index < -0.39 is 0 Å². The monoisotopic (exact) mass is 288 g/mol. The molecule has 0 aliphatic carbocycles. The van der Waals surface area contributed by atoms with Gasteiger partial charge in [0.25, 0.3) is 5.91 Å². The van der Waals surface area contributed by atoms with Gasteiger partial charge in [0.1, 0.15) is 5.15 Å². The first kappa shape index (κ1) is 14.5. The molecule has 1 aromatic heterocycles. The summed E-state index contributed by atoms with van der Waals surface area (Å²) in [5, 5.41) is 0.336. The zero-order valence-electron chi connectivity index (χ0n) is 12.1. The lowest BCUT2D eigenvalue weighted by Gasteiger charge is -2.20. The van der Waals surface area contributed by atoms with Gasteiger partial charge in [-0.05, 0) is 44.5 Å². The van der Waals surface area contributed by atoms with Crippen molar-refractivity contribution in [1.82, 2.24) is 4.98 Å². The van der Waals surface area contributed by atoms with Crippen molar-refractivity contribution in [1.29, 1.82) is 0 Å². The van der Waals surface area contributed by atoms with Crippen molar-refractivity contribution in [3.8, 4) is 0 Å². The standard InChI is InChI=1S/C16H17ClN2O/c1-10-5-6-14(11(2)7-10)19(4)16(20)13-8-12(3)18-15(17)9-13/h5-9H,1-4H3. The van der Waals surface area contributed by atoms with Crippen molar-refractivity contribution in [2.45, 2.75) is 20.8 Å². The van der Waals surface area contributed by atoms with Crippen LogP contribution in [0.1, 0.15) is 27.2 Å². The normalized spacial score (nSPS) is 10.4. The fourth-order valence-electron chi connectivity index (χ4n) is 2.24. The molecular weight excluding hydrogens is 272 g/mol. The third-order valence-electron chi connectivity index (χ3n) is 3.19. The van der Waals surface area contributed by atoms with Gasteiger partial charge >= 0.3 is 0 Å². The molecule has 0 N–H and O–H groups in total. The number of benzene rings is 1. The number of rotatable bonds is 2. The number of nitrogens with zero attached hydrogens (tertiary/aromatic N) is 2. The molecule has 2 rings (SSSR count). The van der Waals surface area contributed by atoms with Crippen LogP contribution in [0.25, 0.3) is 0 Å². The number of amides is 1. The van der Waals surface area contributed by atoms with Crippen molar-refractivity contribution in [2.24, 2.45) is 0 Å². The van der Waals surface area contributed by atoms with Crippen molar-refractivity contribution >= 4 is 23.2 Å². The highest BCUT2D eigenvalue weighted by molar-refractivity contribution is 6.29. The largest absolute Gasteiger partial charge is 0.311 e. The second kappa shape index (κ2) is 5.63. The molecule has 20 heavy (non-hydrogen) atoms. The van der Waals surface area contributed by atoms with Gasteiger partial charge in [-0.2, -0.15) is 0 Å². The van der Waals surface area contributed by atoms with Crippen LogP contribution >= 0.6 is 11.6 Å². The first-order valence-corrected chi connectivity index (χ1v) is 6.76. The summed E-state index contributed by atoms with van der Waals surface area (Å²) in [6.07, 6.45) is 0. The molecule has 0 unspecified atom stereocenters. The van der Waals surface area contributed by atoms with Gasteiger partial charge in [0.05, 0.1) is 0 Å². The molecule has 0 aliphatic heterocycles. The first-order valence-electron chi connectivity index (χ1n) is 6.38. The Labute approximate surface area is 124 Å². The molecule has 0 aliphatic rings. The smallest absolute Gasteiger partial charge is 0.258 e. The predicted molar refractivity (Wildman–Crippen MR) is 82.6 cm³/mol. The van der Waals surface area contributed by atoms with Crippen molar-refractivity contribution in [3.63, 3.8) is 0 Å². The van der Waals surface area contributed by atoms with Gasteiger partial charge in [-0.1, -0.05) is 29.3 Å². The lowest BCUT2D eigenvalue weighted by Crippen LogP contribution is -2.27. The topological polar surface area (TPSA) is 33.2 Å². The molecule has 104 valence electrons. The van der Waals surface area contributed by atoms with Gasteiger partial charge in [-0.3, -0.25) is 4.79 Å². The minimum atomic E-state index is -0.0932. The van der Waals surface area contributed by atoms with Crippen LogP contribution in [0.5, 0.6) is 0 Å². The van der Waals surface area contributed by atoms with E-state index in [2.05, 4.69) is 11.1 Å². The van der Waals surface area contributed by atoms with Crippen molar-refractivity contribution in [3.05, 3.63) is 57.9 Å². The second-order valence-electron chi connectivity index (χ2n) is 4.97. The first-order chi connectivity index (χ1) is 9.38. The Hall–Kier alpha value is -1.87. The molecule has 0 atom stereocenters. The maximum Gasteiger partial charge on any atom is 0.258 e. The van der Waals surface area contributed by atoms with Crippen molar-refractivity contribution < 1.29 is 4.79 Å². The Morgan fingerprint density at radius 1 is 1.15 bits per heavy atom. The molecular formula is C16H17ClN2O. The number of aryl methyl sites for hydroxylation is 3. The van der Waals surface area contributed by atoms with E-state index >= 15 is 0 Å². The van der Waals surface area contributed by atoms with Gasteiger partial charge in [0.15, 0.2) is 0 Å². The Morgan fingerprint density at radius 3 is 2.45 bits per heavy atom. The molecule has 0 fully saturated rings. The summed E-state index contributed by atoms with van der Waals surface area (Å²) in [5.41, 5.74) is 4.42. The van der Waals surface area contributed by atoms with Crippen LogP contribution in [0, 0.1) is 20.8 Å². The van der Waals surface area contributed by atoms with Gasteiger partial charge in [-0.15, -0.1) is 0 Å². The summed E-state index contributed by atoms with van der Waals surface area (Å²) in [6, 6.07) is 9.35. The van der Waals surface area contributed by atoms with Crippen LogP contribution in [-0.2, 0) is 0 Å². The minimum Gasteiger partial charge on any atom is -0.311 e. The van der Waals surface area contributed by atoms with E-state index in [1.807, 2.05) is 32.9 Å². The summed E-state index contributed by atoms with van der Waals surface area (Å²) < 4.78 is 0. The molecule has 0 spiro atoms. The molecule has 0 bridgehead atoms. The summed E-state index contributed by atoms with van der Waals surface area (Å²) >= 11 is 5.92. The molecule has 2 aromatic rings. The fraction of sp³-hybridized carbons (Fsp3) is 0.250. The highest BCUT2D eigenvalue weighted by Gasteiger charge is 2.16. The Morgan fingerprint density at radius 2 is 1.85 bits per heavy atom. The number of aromatic nitrogens is 1. The van der Waals surface area contributed by atoms with E-state index in [4.69, 9.17) is 11.6 Å². The van der Waals surface area contributed by atoms with Gasteiger partial charge in [0.2, 0.25) is 0 Å². The molecule has 0 radical (unpaired) electrons. The van der Waals surface area contributed by atoms with Gasteiger partial charge in [0, 0.05) is 24.0 Å². The minimum absolute atomic E-state index is 0.0932. The fourth-order valence-corrected chi connectivity index (χ4v) is 2.49. The quantitative estimate of drug-likeness (QED) is 0.784. The third-order valence-corrected chi connectivity index (χ3v) is 3.38. The van der Waals surface area contributed by atoms with E-state index in [0.717, 1.165) is 16.9 Å². The Bertz CT molecular complexity index is 647. The summed E-state index contributed by atoms with van der Waals surface area (Å²) in [4.78, 5) is 18.2. The average molecular weight is 289 g/mol. The SMILES string of the molecule is Cc1ccc(N(C)C(=O)c2cc(C)nc(Cl)c2)c(C)c1. The highest BCUT2D eigenvalue weighted by atomic mass is 35.5. The van der Waals surface area contributed by atoms with Crippen molar-refractivity contribution in [2.75, 3.05) is 11.9 Å². The zero-order valence-corrected chi connectivity index (χ0v) is 12.8. The van der Waals surface area contributed by atoms with Gasteiger partial charge < -0.3 is 4.90 Å².